The SMILES string of the molecule is O=C(NCCC[C@@H](NC(=O)OCc1ccccc1)C(=O)O)OCC1c2ccccc2-c2ccccc21. The Morgan fingerprint density at radius 1 is 0.806 bits per heavy atom. The molecular weight excluding hydrogens is 460 g/mol. The van der Waals surface area contributed by atoms with Crippen LogP contribution in [0.4, 0.5) is 9.59 Å². The molecule has 8 nitrogen and oxygen atoms in total. The Balaban J connectivity index is 1.19. The first-order valence-electron chi connectivity index (χ1n) is 11.8. The van der Waals surface area contributed by atoms with Crippen molar-refractivity contribution in [3.8, 4) is 11.1 Å². The Kier molecular flexibility index (Phi) is 8.18. The van der Waals surface area contributed by atoms with Gasteiger partial charge < -0.3 is 25.2 Å². The van der Waals surface area contributed by atoms with E-state index in [1.807, 2.05) is 54.6 Å². The van der Waals surface area contributed by atoms with Gasteiger partial charge in [0.25, 0.3) is 0 Å². The molecule has 36 heavy (non-hydrogen) atoms. The third-order valence-corrected chi connectivity index (χ3v) is 6.09. The van der Waals surface area contributed by atoms with Crippen LogP contribution in [0, 0.1) is 0 Å². The van der Waals surface area contributed by atoms with E-state index in [-0.39, 0.29) is 32.1 Å². The van der Waals surface area contributed by atoms with Crippen molar-refractivity contribution in [1.82, 2.24) is 10.6 Å². The van der Waals surface area contributed by atoms with Gasteiger partial charge in [-0.15, -0.1) is 0 Å². The minimum Gasteiger partial charge on any atom is -0.480 e. The number of carboxylic acid groups (broad SMARTS) is 1. The highest BCUT2D eigenvalue weighted by Crippen LogP contribution is 2.44. The third kappa shape index (κ3) is 6.21. The molecule has 1 aliphatic rings. The molecule has 0 bridgehead atoms. The molecule has 1 atom stereocenters. The molecule has 8 heteroatoms. The molecule has 3 aromatic carbocycles. The van der Waals surface area contributed by atoms with Gasteiger partial charge in [0.05, 0.1) is 0 Å². The van der Waals surface area contributed by atoms with Gasteiger partial charge in [-0.3, -0.25) is 0 Å². The zero-order valence-corrected chi connectivity index (χ0v) is 19.7. The maximum Gasteiger partial charge on any atom is 0.408 e. The summed E-state index contributed by atoms with van der Waals surface area (Å²) in [5, 5.41) is 14.4. The van der Waals surface area contributed by atoms with Gasteiger partial charge in [-0.05, 0) is 40.7 Å². The molecule has 3 N–H and O–H groups in total. The van der Waals surface area contributed by atoms with Gasteiger partial charge in [-0.2, -0.15) is 0 Å². The van der Waals surface area contributed by atoms with E-state index in [1.165, 1.54) is 0 Å². The lowest BCUT2D eigenvalue weighted by molar-refractivity contribution is -0.139. The highest BCUT2D eigenvalue weighted by Gasteiger charge is 2.29. The van der Waals surface area contributed by atoms with E-state index in [2.05, 4.69) is 22.8 Å². The molecule has 0 saturated carbocycles. The van der Waals surface area contributed by atoms with Crippen LogP contribution >= 0.6 is 0 Å². The van der Waals surface area contributed by atoms with Crippen molar-refractivity contribution in [3.63, 3.8) is 0 Å². The van der Waals surface area contributed by atoms with Crippen LogP contribution in [-0.2, 0) is 20.9 Å². The summed E-state index contributed by atoms with van der Waals surface area (Å²) < 4.78 is 10.6. The van der Waals surface area contributed by atoms with E-state index in [1.54, 1.807) is 12.1 Å². The number of fused-ring (bicyclic) bond motifs is 3. The van der Waals surface area contributed by atoms with Crippen LogP contribution in [0.3, 0.4) is 0 Å². The molecule has 0 aliphatic heterocycles. The Labute approximate surface area is 209 Å². The molecule has 0 spiro atoms. The van der Waals surface area contributed by atoms with E-state index in [9.17, 15) is 19.5 Å². The number of carboxylic acids is 1. The molecule has 1 aliphatic carbocycles. The second kappa shape index (κ2) is 11.9. The first kappa shape index (κ1) is 24.8. The Bertz CT molecular complexity index is 1170. The number of nitrogens with one attached hydrogen (secondary N) is 2. The molecule has 0 aromatic heterocycles. The molecule has 2 amide bonds. The van der Waals surface area contributed by atoms with Crippen molar-refractivity contribution in [3.05, 3.63) is 95.6 Å². The number of hydrogen-bond donors (Lipinski definition) is 3. The highest BCUT2D eigenvalue weighted by atomic mass is 16.6. The van der Waals surface area contributed by atoms with Crippen molar-refractivity contribution in [1.29, 1.82) is 0 Å². The lowest BCUT2D eigenvalue weighted by atomic mass is 9.98. The maximum absolute atomic E-state index is 12.3. The zero-order valence-electron chi connectivity index (χ0n) is 19.7. The summed E-state index contributed by atoms with van der Waals surface area (Å²) in [5.41, 5.74) is 5.35. The Hall–Kier alpha value is -4.33. The van der Waals surface area contributed by atoms with Crippen molar-refractivity contribution >= 4 is 18.2 Å². The van der Waals surface area contributed by atoms with Crippen molar-refractivity contribution in [2.75, 3.05) is 13.2 Å². The molecule has 0 fully saturated rings. The third-order valence-electron chi connectivity index (χ3n) is 6.09. The number of benzene rings is 3. The Morgan fingerprint density at radius 3 is 2.06 bits per heavy atom. The predicted octanol–water partition coefficient (Wildman–Crippen LogP) is 4.68. The van der Waals surface area contributed by atoms with Crippen LogP contribution in [0.15, 0.2) is 78.9 Å². The van der Waals surface area contributed by atoms with Crippen LogP contribution in [0.1, 0.15) is 35.4 Å². The molecule has 4 rings (SSSR count). The average molecular weight is 489 g/mol. The van der Waals surface area contributed by atoms with E-state index < -0.39 is 24.2 Å². The predicted molar refractivity (Wildman–Crippen MR) is 133 cm³/mol. The molecule has 3 aromatic rings. The lowest BCUT2D eigenvalue weighted by Crippen LogP contribution is -2.41. The summed E-state index contributed by atoms with van der Waals surface area (Å²) in [5.74, 6) is -1.21. The first-order chi connectivity index (χ1) is 17.5. The van der Waals surface area contributed by atoms with Gasteiger partial charge in [0.2, 0.25) is 0 Å². The van der Waals surface area contributed by atoms with Gasteiger partial charge in [0, 0.05) is 12.5 Å². The number of ether oxygens (including phenoxy) is 2. The summed E-state index contributed by atoms with van der Waals surface area (Å²) >= 11 is 0. The monoisotopic (exact) mass is 488 g/mol. The smallest absolute Gasteiger partial charge is 0.408 e. The normalized spacial score (nSPS) is 12.7. The summed E-state index contributed by atoms with van der Waals surface area (Å²) in [4.78, 5) is 35.7. The molecule has 0 saturated heterocycles. The van der Waals surface area contributed by atoms with Crippen LogP contribution < -0.4 is 10.6 Å². The second-order valence-electron chi connectivity index (χ2n) is 8.49. The van der Waals surface area contributed by atoms with Crippen LogP contribution in [0.5, 0.6) is 0 Å². The minimum atomic E-state index is -1.17. The number of aliphatic carboxylic acids is 1. The van der Waals surface area contributed by atoms with E-state index in [4.69, 9.17) is 9.47 Å². The zero-order chi connectivity index (χ0) is 25.3. The molecule has 0 heterocycles. The van der Waals surface area contributed by atoms with Gasteiger partial charge in [-0.1, -0.05) is 78.9 Å². The standard InChI is InChI=1S/C28H28N2O6/c31-26(32)25(30-28(34)35-17-19-9-2-1-3-10-19)15-8-16-29-27(33)36-18-24-22-13-6-4-11-20(22)21-12-5-7-14-23(21)24/h1-7,9-14,24-25H,8,15-18H2,(H,29,33)(H,30,34)(H,31,32)/t25-/m1/s1. The first-order valence-corrected chi connectivity index (χ1v) is 11.8. The largest absolute Gasteiger partial charge is 0.480 e. The summed E-state index contributed by atoms with van der Waals surface area (Å²) in [6, 6.07) is 24.1. The fraction of sp³-hybridized carbons (Fsp3) is 0.250. The maximum atomic E-state index is 12.3. The lowest BCUT2D eigenvalue weighted by Gasteiger charge is -2.16. The van der Waals surface area contributed by atoms with Crippen LogP contribution in [0.25, 0.3) is 11.1 Å². The van der Waals surface area contributed by atoms with Crippen molar-refractivity contribution in [2.24, 2.45) is 0 Å². The van der Waals surface area contributed by atoms with E-state index >= 15 is 0 Å². The second-order valence-corrected chi connectivity index (χ2v) is 8.49. The van der Waals surface area contributed by atoms with Gasteiger partial charge in [-0.25, -0.2) is 14.4 Å². The molecular formula is C28H28N2O6. The van der Waals surface area contributed by atoms with Crippen LogP contribution in [0.2, 0.25) is 0 Å². The van der Waals surface area contributed by atoms with Crippen LogP contribution in [-0.4, -0.2) is 42.5 Å². The number of carbonyl (C=O) groups excluding carboxylic acids is 2. The van der Waals surface area contributed by atoms with Gasteiger partial charge in [0.1, 0.15) is 19.3 Å². The summed E-state index contributed by atoms with van der Waals surface area (Å²) in [6.45, 7) is 0.454. The van der Waals surface area contributed by atoms with E-state index in [0.717, 1.165) is 27.8 Å². The Morgan fingerprint density at radius 2 is 1.42 bits per heavy atom. The average Bonchev–Trinajstić information content (AvgIpc) is 3.22. The van der Waals surface area contributed by atoms with Crippen molar-refractivity contribution in [2.45, 2.75) is 31.4 Å². The fourth-order valence-corrected chi connectivity index (χ4v) is 4.31. The molecule has 0 unspecified atom stereocenters. The summed E-state index contributed by atoms with van der Waals surface area (Å²) in [7, 11) is 0. The quantitative estimate of drug-likeness (QED) is 0.357. The van der Waals surface area contributed by atoms with E-state index in [0.29, 0.717) is 6.42 Å². The van der Waals surface area contributed by atoms with Gasteiger partial charge >= 0.3 is 18.2 Å². The van der Waals surface area contributed by atoms with Crippen molar-refractivity contribution < 1.29 is 29.0 Å². The number of amides is 2. The highest BCUT2D eigenvalue weighted by molar-refractivity contribution is 5.80. The summed E-state index contributed by atoms with van der Waals surface area (Å²) in [6.07, 6.45) is -0.922. The number of hydrogen-bond acceptors (Lipinski definition) is 5. The topological polar surface area (TPSA) is 114 Å². The molecule has 0 radical (unpaired) electrons. The number of carbonyl (C=O) groups is 3. The fourth-order valence-electron chi connectivity index (χ4n) is 4.31. The van der Waals surface area contributed by atoms with Gasteiger partial charge in [0.15, 0.2) is 0 Å². The molecule has 186 valence electrons. The minimum absolute atomic E-state index is 0.0364. The number of rotatable bonds is 10. The number of alkyl carbamates (subject to hydrolysis) is 2.